The average Bonchev–Trinajstić information content (AvgIpc) is 3.30. The van der Waals surface area contributed by atoms with E-state index in [9.17, 15) is 4.79 Å². The summed E-state index contributed by atoms with van der Waals surface area (Å²) in [5.41, 5.74) is 6.18. The number of fused-ring (bicyclic) bond motifs is 3. The summed E-state index contributed by atoms with van der Waals surface area (Å²) in [5.74, 6) is 0.708. The highest BCUT2D eigenvalue weighted by atomic mass is 32.1. The Morgan fingerprint density at radius 2 is 1.97 bits per heavy atom. The lowest BCUT2D eigenvalue weighted by Gasteiger charge is -2.07. The summed E-state index contributed by atoms with van der Waals surface area (Å²) in [6.45, 7) is 1.51. The molecule has 1 amide bonds. The predicted molar refractivity (Wildman–Crippen MR) is 124 cm³/mol. The van der Waals surface area contributed by atoms with Crippen LogP contribution in [0.5, 0.6) is 0 Å². The van der Waals surface area contributed by atoms with Crippen molar-refractivity contribution >= 4 is 28.2 Å². The molecule has 0 saturated carbocycles. The van der Waals surface area contributed by atoms with Gasteiger partial charge in [-0.2, -0.15) is 5.10 Å². The number of carbonyl (C=O) groups is 1. The molecule has 5 rings (SSSR count). The van der Waals surface area contributed by atoms with E-state index in [4.69, 9.17) is 10.1 Å². The number of nitrogens with zero attached hydrogens (tertiary/aromatic N) is 4. The second kappa shape index (κ2) is 7.96. The molecular weight excluding hydrogens is 408 g/mol. The Hall–Kier alpha value is -3.52. The first-order chi connectivity index (χ1) is 15.1. The second-order valence-corrected chi connectivity index (χ2v) is 8.43. The highest BCUT2D eigenvalue weighted by Crippen LogP contribution is 2.43. The Labute approximate surface area is 184 Å². The maximum atomic E-state index is 11.6. The molecule has 0 fully saturated rings. The SMILES string of the molecule is CNc1ccc(-c2nn(-c3ccccc3)c3c2CCCc2nc(NC(C)=O)sc2-3)cn1. The zero-order valence-corrected chi connectivity index (χ0v) is 18.2. The normalized spacial score (nSPS) is 12.6. The molecule has 1 aliphatic rings. The van der Waals surface area contributed by atoms with E-state index < -0.39 is 0 Å². The number of rotatable bonds is 4. The monoisotopic (exact) mass is 430 g/mol. The maximum absolute atomic E-state index is 11.6. The lowest BCUT2D eigenvalue weighted by molar-refractivity contribution is -0.114. The fraction of sp³-hybridized carbons (Fsp3) is 0.217. The van der Waals surface area contributed by atoms with Gasteiger partial charge in [-0.25, -0.2) is 14.6 Å². The highest BCUT2D eigenvalue weighted by Gasteiger charge is 2.28. The number of benzene rings is 1. The number of aromatic nitrogens is 4. The van der Waals surface area contributed by atoms with Gasteiger partial charge >= 0.3 is 0 Å². The van der Waals surface area contributed by atoms with Crippen molar-refractivity contribution in [2.24, 2.45) is 0 Å². The molecule has 0 aliphatic heterocycles. The summed E-state index contributed by atoms with van der Waals surface area (Å²) < 4.78 is 2.01. The second-order valence-electron chi connectivity index (χ2n) is 7.43. The smallest absolute Gasteiger partial charge is 0.223 e. The highest BCUT2D eigenvalue weighted by molar-refractivity contribution is 7.19. The lowest BCUT2D eigenvalue weighted by atomic mass is 10.0. The van der Waals surface area contributed by atoms with E-state index >= 15 is 0 Å². The maximum Gasteiger partial charge on any atom is 0.223 e. The molecule has 3 aromatic heterocycles. The number of thiazole rings is 1. The Morgan fingerprint density at radius 1 is 1.13 bits per heavy atom. The van der Waals surface area contributed by atoms with Crippen LogP contribution < -0.4 is 10.6 Å². The summed E-state index contributed by atoms with van der Waals surface area (Å²) in [6, 6.07) is 14.2. The van der Waals surface area contributed by atoms with Crippen molar-refractivity contribution in [3.63, 3.8) is 0 Å². The van der Waals surface area contributed by atoms with E-state index in [0.717, 1.165) is 58.3 Å². The first-order valence-corrected chi connectivity index (χ1v) is 11.0. The van der Waals surface area contributed by atoms with Crippen LogP contribution in [0, 0.1) is 0 Å². The molecule has 31 heavy (non-hydrogen) atoms. The molecule has 0 radical (unpaired) electrons. The molecule has 0 unspecified atom stereocenters. The van der Waals surface area contributed by atoms with Crippen molar-refractivity contribution in [1.82, 2.24) is 19.7 Å². The van der Waals surface area contributed by atoms with Crippen LogP contribution in [0.3, 0.4) is 0 Å². The molecule has 1 aliphatic carbocycles. The van der Waals surface area contributed by atoms with Gasteiger partial charge in [0.25, 0.3) is 0 Å². The van der Waals surface area contributed by atoms with Gasteiger partial charge in [0.15, 0.2) is 5.13 Å². The molecule has 0 atom stereocenters. The number of hydrogen-bond acceptors (Lipinski definition) is 6. The minimum Gasteiger partial charge on any atom is -0.373 e. The van der Waals surface area contributed by atoms with Gasteiger partial charge in [0.05, 0.1) is 27.6 Å². The fourth-order valence-corrected chi connectivity index (χ4v) is 5.05. The van der Waals surface area contributed by atoms with Gasteiger partial charge in [-0.05, 0) is 43.5 Å². The summed E-state index contributed by atoms with van der Waals surface area (Å²) in [5, 5.41) is 11.6. The van der Waals surface area contributed by atoms with Crippen LogP contribution in [0.2, 0.25) is 0 Å². The molecule has 1 aromatic carbocycles. The quantitative estimate of drug-likeness (QED) is 0.496. The summed E-state index contributed by atoms with van der Waals surface area (Å²) in [7, 11) is 1.86. The lowest BCUT2D eigenvalue weighted by Crippen LogP contribution is -2.05. The summed E-state index contributed by atoms with van der Waals surface area (Å²) >= 11 is 1.51. The van der Waals surface area contributed by atoms with E-state index in [2.05, 4.69) is 33.8 Å². The zero-order valence-electron chi connectivity index (χ0n) is 17.3. The number of pyridine rings is 1. The number of amides is 1. The third-order valence-electron chi connectivity index (χ3n) is 5.31. The Bertz CT molecular complexity index is 1240. The van der Waals surface area contributed by atoms with Gasteiger partial charge in [0.2, 0.25) is 5.91 Å². The Balaban J connectivity index is 1.73. The third-order valence-corrected chi connectivity index (χ3v) is 6.33. The third kappa shape index (κ3) is 3.59. The first kappa shape index (κ1) is 19.4. The van der Waals surface area contributed by atoms with Crippen LogP contribution in [0.15, 0.2) is 48.7 Å². The van der Waals surface area contributed by atoms with Crippen LogP contribution in [0.1, 0.15) is 24.6 Å². The van der Waals surface area contributed by atoms with Crippen LogP contribution in [-0.2, 0) is 17.6 Å². The minimum absolute atomic E-state index is 0.114. The molecule has 4 aromatic rings. The number of hydrogen-bond donors (Lipinski definition) is 2. The number of nitrogens with one attached hydrogen (secondary N) is 2. The van der Waals surface area contributed by atoms with Crippen molar-refractivity contribution in [3.8, 4) is 27.5 Å². The fourth-order valence-electron chi connectivity index (χ4n) is 3.93. The number of anilines is 2. The van der Waals surface area contributed by atoms with Crippen molar-refractivity contribution in [1.29, 1.82) is 0 Å². The number of para-hydroxylation sites is 1. The van der Waals surface area contributed by atoms with Gasteiger partial charge in [-0.1, -0.05) is 29.5 Å². The Kier molecular flexibility index (Phi) is 4.99. The minimum atomic E-state index is -0.114. The van der Waals surface area contributed by atoms with Gasteiger partial charge < -0.3 is 10.6 Å². The Morgan fingerprint density at radius 3 is 2.68 bits per heavy atom. The summed E-state index contributed by atoms with van der Waals surface area (Å²) in [4.78, 5) is 21.9. The largest absolute Gasteiger partial charge is 0.373 e. The molecule has 156 valence electrons. The van der Waals surface area contributed by atoms with Crippen molar-refractivity contribution < 1.29 is 4.79 Å². The van der Waals surface area contributed by atoms with Gasteiger partial charge in [0, 0.05) is 31.3 Å². The van der Waals surface area contributed by atoms with Crippen LogP contribution in [0.25, 0.3) is 27.5 Å². The van der Waals surface area contributed by atoms with Crippen LogP contribution in [0.4, 0.5) is 10.9 Å². The molecule has 0 saturated heterocycles. The van der Waals surface area contributed by atoms with Crippen molar-refractivity contribution in [2.75, 3.05) is 17.7 Å². The van der Waals surface area contributed by atoms with E-state index in [-0.39, 0.29) is 5.91 Å². The van der Waals surface area contributed by atoms with Gasteiger partial charge in [0.1, 0.15) is 5.82 Å². The predicted octanol–water partition coefficient (Wildman–Crippen LogP) is 4.55. The van der Waals surface area contributed by atoms with E-state index in [1.807, 2.05) is 42.2 Å². The molecule has 8 heteroatoms. The van der Waals surface area contributed by atoms with Crippen molar-refractivity contribution in [2.45, 2.75) is 26.2 Å². The summed E-state index contributed by atoms with van der Waals surface area (Å²) in [6.07, 6.45) is 4.61. The number of aryl methyl sites for hydroxylation is 1. The van der Waals surface area contributed by atoms with Crippen LogP contribution >= 0.6 is 11.3 Å². The first-order valence-electron chi connectivity index (χ1n) is 10.2. The molecule has 2 N–H and O–H groups in total. The number of carbonyl (C=O) groups excluding carboxylic acids is 1. The zero-order chi connectivity index (χ0) is 21.4. The standard InChI is InChI=1S/C23H22N6OS/c1-14(30)26-23-27-18-10-6-9-17-20(15-11-12-19(24-2)25-13-15)28-29(21(17)22(18)31-23)16-7-4-3-5-8-16/h3-5,7-8,11-13H,6,9-10H2,1-2H3,(H,24,25)(H,26,27,30). The topological polar surface area (TPSA) is 84.7 Å². The molecular formula is C23H22N6OS. The molecule has 0 bridgehead atoms. The molecule has 7 nitrogen and oxygen atoms in total. The van der Waals surface area contributed by atoms with E-state index in [0.29, 0.717) is 5.13 Å². The van der Waals surface area contributed by atoms with E-state index in [1.54, 1.807) is 0 Å². The molecule has 0 spiro atoms. The molecule has 3 heterocycles. The van der Waals surface area contributed by atoms with Crippen molar-refractivity contribution in [3.05, 3.63) is 59.9 Å². The van der Waals surface area contributed by atoms with Crippen LogP contribution in [-0.4, -0.2) is 32.7 Å². The van der Waals surface area contributed by atoms with E-state index in [1.165, 1.54) is 23.8 Å². The van der Waals surface area contributed by atoms with Gasteiger partial charge in [-0.15, -0.1) is 0 Å². The average molecular weight is 431 g/mol. The van der Waals surface area contributed by atoms with Gasteiger partial charge in [-0.3, -0.25) is 4.79 Å².